The fourth-order valence-corrected chi connectivity index (χ4v) is 2.86. The highest BCUT2D eigenvalue weighted by Crippen LogP contribution is 2.13. The largest absolute Gasteiger partial charge is 0.303 e. The minimum atomic E-state index is 0.566. The van der Waals surface area contributed by atoms with Crippen molar-refractivity contribution in [1.82, 2.24) is 0 Å². The molecule has 0 atom stereocenters. The van der Waals surface area contributed by atoms with Gasteiger partial charge in [0.25, 0.3) is 0 Å². The monoisotopic (exact) mass is 370 g/mol. The lowest BCUT2D eigenvalue weighted by molar-refractivity contribution is -0.107. The van der Waals surface area contributed by atoms with Crippen molar-refractivity contribution in [1.29, 1.82) is 0 Å². The van der Waals surface area contributed by atoms with Crippen molar-refractivity contribution < 1.29 is 4.79 Å². The minimum absolute atomic E-state index is 0.566. The van der Waals surface area contributed by atoms with Crippen LogP contribution in [0.15, 0.2) is 58.2 Å². The Bertz CT molecular complexity index is 563. The van der Waals surface area contributed by atoms with Crippen molar-refractivity contribution in [2.75, 3.05) is 0 Å². The highest BCUT2D eigenvalue weighted by molar-refractivity contribution is 5.53. The molecule has 0 spiro atoms. The lowest BCUT2D eigenvalue weighted by atomic mass is 10.0. The predicted octanol–water partition coefficient (Wildman–Crippen LogP) is 8.45. The third-order valence-corrected chi connectivity index (χ3v) is 4.71. The number of hydrogen-bond donors (Lipinski definition) is 0. The normalized spacial score (nSPS) is 13.7. The van der Waals surface area contributed by atoms with Gasteiger partial charge >= 0.3 is 0 Å². The molecule has 0 bridgehead atoms. The molecule has 0 N–H and O–H groups in total. The van der Waals surface area contributed by atoms with E-state index in [1.807, 2.05) is 6.92 Å². The van der Waals surface area contributed by atoms with Crippen LogP contribution in [0.1, 0.15) is 99.3 Å². The van der Waals surface area contributed by atoms with E-state index in [1.165, 1.54) is 40.7 Å². The van der Waals surface area contributed by atoms with E-state index in [2.05, 4.69) is 65.0 Å². The van der Waals surface area contributed by atoms with Gasteiger partial charge in [0.15, 0.2) is 0 Å². The summed E-state index contributed by atoms with van der Waals surface area (Å²) in [7, 11) is 0. The summed E-state index contributed by atoms with van der Waals surface area (Å²) >= 11 is 0. The Balaban J connectivity index is 4.02. The summed E-state index contributed by atoms with van der Waals surface area (Å²) in [6, 6.07) is 0. The maximum Gasteiger partial charge on any atom is 0.124 e. The topological polar surface area (TPSA) is 17.1 Å². The van der Waals surface area contributed by atoms with E-state index in [0.717, 1.165) is 44.8 Å². The summed E-state index contributed by atoms with van der Waals surface area (Å²) in [6.45, 7) is 13.1. The molecule has 0 aliphatic rings. The first kappa shape index (κ1) is 25.4. The molecule has 0 heterocycles. The Labute approximate surface area is 169 Å². The summed E-state index contributed by atoms with van der Waals surface area (Å²) in [4.78, 5) is 10.4. The zero-order valence-corrected chi connectivity index (χ0v) is 18.7. The van der Waals surface area contributed by atoms with Gasteiger partial charge in [-0.3, -0.25) is 0 Å². The van der Waals surface area contributed by atoms with Gasteiger partial charge in [0.1, 0.15) is 6.29 Å². The van der Waals surface area contributed by atoms with Crippen molar-refractivity contribution >= 4 is 6.29 Å². The van der Waals surface area contributed by atoms with Crippen molar-refractivity contribution in [2.45, 2.75) is 99.3 Å². The molecule has 0 aromatic carbocycles. The predicted molar refractivity (Wildman–Crippen MR) is 122 cm³/mol. The SMILES string of the molecule is CC(C)=CCCC(C)=CCCC(C)=CCCC=C(C)CCC=C(C)CC=O. The third-order valence-electron chi connectivity index (χ3n) is 4.71. The zero-order chi connectivity index (χ0) is 20.5. The lowest BCUT2D eigenvalue weighted by Crippen LogP contribution is -1.82. The van der Waals surface area contributed by atoms with E-state index >= 15 is 0 Å². The van der Waals surface area contributed by atoms with Crippen molar-refractivity contribution in [3.63, 3.8) is 0 Å². The molecule has 0 saturated heterocycles. The summed E-state index contributed by atoms with van der Waals surface area (Å²) in [5.74, 6) is 0. The van der Waals surface area contributed by atoms with E-state index in [0.29, 0.717) is 6.42 Å². The molecule has 1 heteroatoms. The van der Waals surface area contributed by atoms with Crippen LogP contribution in [0, 0.1) is 0 Å². The molecular weight excluding hydrogens is 328 g/mol. The second kappa shape index (κ2) is 16.5. The molecule has 0 aromatic rings. The second-order valence-electron chi connectivity index (χ2n) is 8.05. The maximum atomic E-state index is 10.4. The number of unbranched alkanes of at least 4 members (excludes halogenated alkanes) is 1. The van der Waals surface area contributed by atoms with E-state index in [9.17, 15) is 4.79 Å². The van der Waals surface area contributed by atoms with E-state index in [1.54, 1.807) is 0 Å². The van der Waals surface area contributed by atoms with Crippen LogP contribution in [0.25, 0.3) is 0 Å². The Kier molecular flexibility index (Phi) is 15.5. The van der Waals surface area contributed by atoms with Gasteiger partial charge in [-0.05, 0) is 92.9 Å². The minimum Gasteiger partial charge on any atom is -0.303 e. The van der Waals surface area contributed by atoms with Crippen LogP contribution in [-0.4, -0.2) is 6.29 Å². The fourth-order valence-electron chi connectivity index (χ4n) is 2.86. The van der Waals surface area contributed by atoms with Crippen molar-refractivity contribution in [3.05, 3.63) is 58.2 Å². The second-order valence-corrected chi connectivity index (χ2v) is 8.05. The van der Waals surface area contributed by atoms with Crippen LogP contribution in [-0.2, 0) is 4.79 Å². The Hall–Kier alpha value is -1.63. The third kappa shape index (κ3) is 17.5. The van der Waals surface area contributed by atoms with Crippen molar-refractivity contribution in [3.8, 4) is 0 Å². The van der Waals surface area contributed by atoms with E-state index in [4.69, 9.17) is 0 Å². The molecular formula is C26H42O. The molecule has 0 aliphatic carbocycles. The summed E-state index contributed by atoms with van der Waals surface area (Å²) < 4.78 is 0. The van der Waals surface area contributed by atoms with Gasteiger partial charge in [0.05, 0.1) is 0 Å². The fraction of sp³-hybridized carbons (Fsp3) is 0.577. The zero-order valence-electron chi connectivity index (χ0n) is 18.7. The molecule has 0 saturated carbocycles. The quantitative estimate of drug-likeness (QED) is 0.170. The van der Waals surface area contributed by atoms with Crippen molar-refractivity contribution in [2.24, 2.45) is 0 Å². The van der Waals surface area contributed by atoms with Crippen LogP contribution in [0.4, 0.5) is 0 Å². The molecule has 0 fully saturated rings. The van der Waals surface area contributed by atoms with Gasteiger partial charge in [-0.25, -0.2) is 0 Å². The van der Waals surface area contributed by atoms with Gasteiger partial charge in [-0.2, -0.15) is 0 Å². The number of allylic oxidation sites excluding steroid dienone is 10. The first-order valence-corrected chi connectivity index (χ1v) is 10.5. The smallest absolute Gasteiger partial charge is 0.124 e. The molecule has 0 amide bonds. The first-order chi connectivity index (χ1) is 12.8. The lowest BCUT2D eigenvalue weighted by Gasteiger charge is -2.02. The van der Waals surface area contributed by atoms with Gasteiger partial charge in [-0.1, -0.05) is 58.2 Å². The van der Waals surface area contributed by atoms with Gasteiger partial charge < -0.3 is 4.79 Å². The molecule has 0 rings (SSSR count). The van der Waals surface area contributed by atoms with E-state index < -0.39 is 0 Å². The molecule has 0 aliphatic heterocycles. The highest BCUT2D eigenvalue weighted by atomic mass is 16.1. The highest BCUT2D eigenvalue weighted by Gasteiger charge is 1.93. The van der Waals surface area contributed by atoms with Crippen LogP contribution in [0.3, 0.4) is 0 Å². The van der Waals surface area contributed by atoms with Gasteiger partial charge in [0.2, 0.25) is 0 Å². The first-order valence-electron chi connectivity index (χ1n) is 10.5. The number of rotatable bonds is 14. The standard InChI is InChI=1S/C26H42O/c1-22(2)12-9-15-25(5)18-10-16-23(3)13-7-8-14-24(4)17-11-19-26(6)20-21-27/h12-14,18-19,21H,7-11,15-17,20H2,1-6H3. The van der Waals surface area contributed by atoms with Crippen LogP contribution in [0.5, 0.6) is 0 Å². The summed E-state index contributed by atoms with van der Waals surface area (Å²) in [5.41, 5.74) is 7.05. The molecule has 27 heavy (non-hydrogen) atoms. The average molecular weight is 371 g/mol. The van der Waals surface area contributed by atoms with Crippen LogP contribution < -0.4 is 0 Å². The molecule has 0 aromatic heterocycles. The summed E-state index contributed by atoms with van der Waals surface area (Å²) in [5, 5.41) is 0. The average Bonchev–Trinajstić information content (AvgIpc) is 2.58. The van der Waals surface area contributed by atoms with E-state index in [-0.39, 0.29) is 0 Å². The maximum absolute atomic E-state index is 10.4. The Morgan fingerprint density at radius 1 is 0.519 bits per heavy atom. The molecule has 1 nitrogen and oxygen atoms in total. The van der Waals surface area contributed by atoms with Gasteiger partial charge in [0, 0.05) is 6.42 Å². The molecule has 0 unspecified atom stereocenters. The number of carbonyl (C=O) groups is 1. The number of carbonyl (C=O) groups excluding carboxylic acids is 1. The van der Waals surface area contributed by atoms with Crippen LogP contribution >= 0.6 is 0 Å². The Morgan fingerprint density at radius 2 is 0.889 bits per heavy atom. The summed E-state index contributed by atoms with van der Waals surface area (Å²) in [6.07, 6.45) is 22.3. The molecule has 0 radical (unpaired) electrons. The Morgan fingerprint density at radius 3 is 1.30 bits per heavy atom. The van der Waals surface area contributed by atoms with Gasteiger partial charge in [-0.15, -0.1) is 0 Å². The number of hydrogen-bond acceptors (Lipinski definition) is 1. The molecule has 152 valence electrons. The number of aldehydes is 1. The van der Waals surface area contributed by atoms with Crippen LogP contribution in [0.2, 0.25) is 0 Å².